The van der Waals surface area contributed by atoms with Gasteiger partial charge >= 0.3 is 11.9 Å². The third-order valence-corrected chi connectivity index (χ3v) is 7.15. The zero-order chi connectivity index (χ0) is 25.9. The average Bonchev–Trinajstić information content (AvgIpc) is 3.36. The number of hydrogen-bond acceptors (Lipinski definition) is 7. The SMILES string of the molecule is COC(=O)C1=C(C)NC(C)C(CCN(C=O)Cc2ccccc2)(C(=O)O)C1c1cccc2c1OCO2. The second-order valence-electron chi connectivity index (χ2n) is 9.07. The number of fused-ring (bicyclic) bond motifs is 1. The van der Waals surface area contributed by atoms with Gasteiger partial charge in [0.1, 0.15) is 5.41 Å². The Bertz CT molecular complexity index is 1180. The van der Waals surface area contributed by atoms with Crippen molar-refractivity contribution in [2.45, 2.75) is 38.8 Å². The first-order chi connectivity index (χ1) is 17.3. The van der Waals surface area contributed by atoms with E-state index in [2.05, 4.69) is 5.32 Å². The highest BCUT2D eigenvalue weighted by Crippen LogP contribution is 2.54. The fourth-order valence-corrected chi connectivity index (χ4v) is 5.34. The van der Waals surface area contributed by atoms with E-state index in [0.717, 1.165) is 12.0 Å². The summed E-state index contributed by atoms with van der Waals surface area (Å²) >= 11 is 0. The lowest BCUT2D eigenvalue weighted by Gasteiger charge is -2.47. The molecule has 0 radical (unpaired) electrons. The van der Waals surface area contributed by atoms with E-state index in [4.69, 9.17) is 14.2 Å². The first-order valence-corrected chi connectivity index (χ1v) is 11.7. The third kappa shape index (κ3) is 4.36. The number of carboxylic acids is 1. The highest BCUT2D eigenvalue weighted by Gasteiger charge is 2.57. The summed E-state index contributed by atoms with van der Waals surface area (Å²) in [4.78, 5) is 39.8. The molecule has 9 nitrogen and oxygen atoms in total. The van der Waals surface area contributed by atoms with Crippen LogP contribution in [0, 0.1) is 5.41 Å². The molecule has 2 aromatic rings. The molecule has 0 bridgehead atoms. The molecule has 1 amide bonds. The summed E-state index contributed by atoms with van der Waals surface area (Å²) in [6.45, 7) is 4.01. The molecule has 0 saturated carbocycles. The number of esters is 1. The predicted octanol–water partition coefficient (Wildman–Crippen LogP) is 3.06. The van der Waals surface area contributed by atoms with Crippen LogP contribution >= 0.6 is 0 Å². The van der Waals surface area contributed by atoms with E-state index in [1.807, 2.05) is 30.3 Å². The number of rotatable bonds is 9. The number of carboxylic acid groups (broad SMARTS) is 1. The first kappa shape index (κ1) is 25.1. The molecule has 2 heterocycles. The van der Waals surface area contributed by atoms with E-state index < -0.39 is 29.3 Å². The highest BCUT2D eigenvalue weighted by molar-refractivity contribution is 5.94. The maximum absolute atomic E-state index is 13.2. The van der Waals surface area contributed by atoms with Crippen molar-refractivity contribution in [2.24, 2.45) is 5.41 Å². The summed E-state index contributed by atoms with van der Waals surface area (Å²) in [7, 11) is 1.27. The zero-order valence-electron chi connectivity index (χ0n) is 20.5. The Balaban J connectivity index is 1.81. The molecule has 2 aromatic carbocycles. The average molecular weight is 495 g/mol. The van der Waals surface area contributed by atoms with Crippen LogP contribution in [0.3, 0.4) is 0 Å². The number of ether oxygens (including phenoxy) is 3. The first-order valence-electron chi connectivity index (χ1n) is 11.7. The van der Waals surface area contributed by atoms with Gasteiger partial charge in [0.05, 0.1) is 12.7 Å². The Morgan fingerprint density at radius 3 is 2.61 bits per heavy atom. The number of nitrogens with one attached hydrogen (secondary N) is 1. The Morgan fingerprint density at radius 2 is 1.94 bits per heavy atom. The molecule has 0 saturated heterocycles. The van der Waals surface area contributed by atoms with Crippen molar-refractivity contribution in [1.82, 2.24) is 10.2 Å². The lowest BCUT2D eigenvalue weighted by Crippen LogP contribution is -2.57. The van der Waals surface area contributed by atoms with Crippen molar-refractivity contribution >= 4 is 18.3 Å². The summed E-state index contributed by atoms with van der Waals surface area (Å²) in [5.41, 5.74) is 0.688. The van der Waals surface area contributed by atoms with Crippen LogP contribution in [0.15, 0.2) is 59.8 Å². The van der Waals surface area contributed by atoms with Gasteiger partial charge in [0, 0.05) is 36.3 Å². The minimum Gasteiger partial charge on any atom is -0.481 e. The number of hydrogen-bond donors (Lipinski definition) is 2. The molecule has 4 rings (SSSR count). The maximum Gasteiger partial charge on any atom is 0.336 e. The van der Waals surface area contributed by atoms with Crippen molar-refractivity contribution in [3.63, 3.8) is 0 Å². The van der Waals surface area contributed by atoms with Crippen molar-refractivity contribution < 1.29 is 33.7 Å². The van der Waals surface area contributed by atoms with Crippen LogP contribution in [0.2, 0.25) is 0 Å². The van der Waals surface area contributed by atoms with E-state index in [0.29, 0.717) is 29.3 Å². The monoisotopic (exact) mass is 494 g/mol. The van der Waals surface area contributed by atoms with Gasteiger partial charge in [-0.1, -0.05) is 42.5 Å². The number of benzene rings is 2. The van der Waals surface area contributed by atoms with Crippen LogP contribution in [0.4, 0.5) is 0 Å². The minimum atomic E-state index is -1.51. The smallest absolute Gasteiger partial charge is 0.336 e. The van der Waals surface area contributed by atoms with E-state index in [-0.39, 0.29) is 25.3 Å². The highest BCUT2D eigenvalue weighted by atomic mass is 16.7. The number of aliphatic carboxylic acids is 1. The van der Waals surface area contributed by atoms with Gasteiger partial charge in [-0.25, -0.2) is 4.79 Å². The molecule has 9 heteroatoms. The lowest BCUT2D eigenvalue weighted by molar-refractivity contribution is -0.154. The van der Waals surface area contributed by atoms with Gasteiger partial charge in [-0.3, -0.25) is 9.59 Å². The number of carbonyl (C=O) groups excluding carboxylic acids is 2. The normalized spacial score (nSPS) is 22.5. The summed E-state index contributed by atoms with van der Waals surface area (Å²) in [6, 6.07) is 14.1. The molecule has 36 heavy (non-hydrogen) atoms. The van der Waals surface area contributed by atoms with Crippen LogP contribution < -0.4 is 14.8 Å². The quantitative estimate of drug-likeness (QED) is 0.404. The summed E-state index contributed by atoms with van der Waals surface area (Å²) in [5.74, 6) is -1.74. The van der Waals surface area contributed by atoms with E-state index in [1.54, 1.807) is 36.9 Å². The van der Waals surface area contributed by atoms with Crippen molar-refractivity contribution in [3.05, 3.63) is 70.9 Å². The van der Waals surface area contributed by atoms with Gasteiger partial charge in [-0.15, -0.1) is 0 Å². The number of methoxy groups -OCH3 is 1. The molecule has 2 N–H and O–H groups in total. The topological polar surface area (TPSA) is 114 Å². The second kappa shape index (κ2) is 10.3. The molecule has 0 fully saturated rings. The summed E-state index contributed by atoms with van der Waals surface area (Å²) in [5, 5.41) is 14.0. The Kier molecular flexibility index (Phi) is 7.19. The molecular weight excluding hydrogens is 464 g/mol. The fourth-order valence-electron chi connectivity index (χ4n) is 5.34. The van der Waals surface area contributed by atoms with Gasteiger partial charge in [0.15, 0.2) is 11.5 Å². The van der Waals surface area contributed by atoms with Gasteiger partial charge in [-0.2, -0.15) is 0 Å². The van der Waals surface area contributed by atoms with Crippen LogP contribution in [0.1, 0.15) is 37.3 Å². The second-order valence-corrected chi connectivity index (χ2v) is 9.07. The molecule has 2 aliphatic heterocycles. The standard InChI is InChI=1S/C27H30N2O7/c1-17-22(25(31)34-3)23(20-10-7-11-21-24(20)36-16-35-21)27(26(32)33,18(2)28-17)12-13-29(15-30)14-19-8-5-4-6-9-19/h4-11,15,18,23,28H,12-14,16H2,1-3H3,(H,32,33). The fraction of sp³-hybridized carbons (Fsp3) is 0.370. The van der Waals surface area contributed by atoms with Crippen molar-refractivity contribution in [2.75, 3.05) is 20.4 Å². The van der Waals surface area contributed by atoms with Gasteiger partial charge in [-0.05, 0) is 31.9 Å². The lowest BCUT2D eigenvalue weighted by atomic mass is 9.60. The number of nitrogens with zero attached hydrogens (tertiary/aromatic N) is 1. The van der Waals surface area contributed by atoms with Gasteiger partial charge < -0.3 is 29.5 Å². The van der Waals surface area contributed by atoms with Gasteiger partial charge in [0.2, 0.25) is 13.2 Å². The molecule has 0 spiro atoms. The van der Waals surface area contributed by atoms with Crippen LogP contribution in [0.25, 0.3) is 0 Å². The largest absolute Gasteiger partial charge is 0.481 e. The molecule has 190 valence electrons. The zero-order valence-corrected chi connectivity index (χ0v) is 20.5. The Hall–Kier alpha value is -4.01. The number of para-hydroxylation sites is 1. The van der Waals surface area contributed by atoms with E-state index in [9.17, 15) is 19.5 Å². The number of carbonyl (C=O) groups is 3. The Labute approximate surface area is 209 Å². The predicted molar refractivity (Wildman–Crippen MR) is 130 cm³/mol. The summed E-state index contributed by atoms with van der Waals surface area (Å²) in [6.07, 6.45) is 0.795. The summed E-state index contributed by atoms with van der Waals surface area (Å²) < 4.78 is 16.4. The molecule has 0 aromatic heterocycles. The van der Waals surface area contributed by atoms with Crippen LogP contribution in [-0.2, 0) is 25.7 Å². The Morgan fingerprint density at radius 1 is 1.19 bits per heavy atom. The van der Waals surface area contributed by atoms with Crippen molar-refractivity contribution in [3.8, 4) is 11.5 Å². The minimum absolute atomic E-state index is 0.000803. The molecule has 2 aliphatic rings. The van der Waals surface area contributed by atoms with E-state index >= 15 is 0 Å². The number of allylic oxidation sites excluding steroid dienone is 1. The number of amides is 1. The molecule has 0 aliphatic carbocycles. The molecule has 3 atom stereocenters. The van der Waals surface area contributed by atoms with Gasteiger partial charge in [0.25, 0.3) is 0 Å². The third-order valence-electron chi connectivity index (χ3n) is 7.15. The van der Waals surface area contributed by atoms with E-state index in [1.165, 1.54) is 7.11 Å². The molecular formula is C27H30N2O7. The van der Waals surface area contributed by atoms with Crippen LogP contribution in [-0.4, -0.2) is 54.8 Å². The maximum atomic E-state index is 13.2. The van der Waals surface area contributed by atoms with Crippen LogP contribution in [0.5, 0.6) is 11.5 Å². The van der Waals surface area contributed by atoms with Crippen molar-refractivity contribution in [1.29, 1.82) is 0 Å². The molecule has 3 unspecified atom stereocenters.